The SMILES string of the molecule is CCOc1cc([C@@H](N)c2nc(C(C)(C)C)n[nH]2)ccc1OC. The number of nitrogens with two attached hydrogens (primary N) is 1. The van der Waals surface area contributed by atoms with Gasteiger partial charge in [-0.15, -0.1) is 0 Å². The summed E-state index contributed by atoms with van der Waals surface area (Å²) in [6.07, 6.45) is 0. The fourth-order valence-electron chi connectivity index (χ4n) is 2.06. The molecular formula is C16H24N4O2. The van der Waals surface area contributed by atoms with Gasteiger partial charge in [-0.25, -0.2) is 4.98 Å². The lowest BCUT2D eigenvalue weighted by Gasteiger charge is -2.14. The molecule has 0 bridgehead atoms. The fraction of sp³-hybridized carbons (Fsp3) is 0.500. The third kappa shape index (κ3) is 3.39. The molecule has 1 aromatic heterocycles. The molecule has 0 radical (unpaired) electrons. The Morgan fingerprint density at radius 2 is 2.00 bits per heavy atom. The van der Waals surface area contributed by atoms with Crippen LogP contribution < -0.4 is 15.2 Å². The lowest BCUT2D eigenvalue weighted by Crippen LogP contribution is -2.16. The summed E-state index contributed by atoms with van der Waals surface area (Å²) in [6.45, 7) is 8.67. The average Bonchev–Trinajstić information content (AvgIpc) is 2.96. The van der Waals surface area contributed by atoms with E-state index in [2.05, 4.69) is 36.0 Å². The van der Waals surface area contributed by atoms with Crippen LogP contribution in [-0.4, -0.2) is 28.9 Å². The summed E-state index contributed by atoms with van der Waals surface area (Å²) in [4.78, 5) is 4.51. The first-order valence-electron chi connectivity index (χ1n) is 7.36. The number of methoxy groups -OCH3 is 1. The number of benzene rings is 1. The van der Waals surface area contributed by atoms with E-state index in [1.807, 2.05) is 25.1 Å². The minimum absolute atomic E-state index is 0.120. The van der Waals surface area contributed by atoms with Crippen molar-refractivity contribution < 1.29 is 9.47 Å². The van der Waals surface area contributed by atoms with E-state index >= 15 is 0 Å². The van der Waals surface area contributed by atoms with E-state index in [-0.39, 0.29) is 5.41 Å². The van der Waals surface area contributed by atoms with Gasteiger partial charge in [0.25, 0.3) is 0 Å². The van der Waals surface area contributed by atoms with Crippen molar-refractivity contribution in [1.82, 2.24) is 15.2 Å². The van der Waals surface area contributed by atoms with Crippen LogP contribution in [0.2, 0.25) is 0 Å². The van der Waals surface area contributed by atoms with Gasteiger partial charge in [-0.05, 0) is 24.6 Å². The zero-order chi connectivity index (χ0) is 16.3. The largest absolute Gasteiger partial charge is 0.493 e. The predicted molar refractivity (Wildman–Crippen MR) is 85.3 cm³/mol. The van der Waals surface area contributed by atoms with Crippen LogP contribution in [0.25, 0.3) is 0 Å². The zero-order valence-electron chi connectivity index (χ0n) is 13.8. The predicted octanol–water partition coefficient (Wildman–Crippen LogP) is 2.56. The van der Waals surface area contributed by atoms with Crippen LogP contribution in [0.15, 0.2) is 18.2 Å². The van der Waals surface area contributed by atoms with E-state index in [0.717, 1.165) is 11.4 Å². The molecule has 0 spiro atoms. The monoisotopic (exact) mass is 304 g/mol. The highest BCUT2D eigenvalue weighted by Gasteiger charge is 2.22. The first-order valence-corrected chi connectivity index (χ1v) is 7.36. The number of aromatic nitrogens is 3. The second kappa shape index (κ2) is 6.36. The topological polar surface area (TPSA) is 86.0 Å². The van der Waals surface area contributed by atoms with Crippen molar-refractivity contribution in [3.63, 3.8) is 0 Å². The van der Waals surface area contributed by atoms with Gasteiger partial charge in [0.2, 0.25) is 0 Å². The summed E-state index contributed by atoms with van der Waals surface area (Å²) in [5, 5.41) is 7.19. The number of nitrogens with zero attached hydrogens (tertiary/aromatic N) is 2. The highest BCUT2D eigenvalue weighted by Crippen LogP contribution is 2.31. The highest BCUT2D eigenvalue weighted by molar-refractivity contribution is 5.44. The fourth-order valence-corrected chi connectivity index (χ4v) is 2.06. The molecule has 2 aromatic rings. The second-order valence-corrected chi connectivity index (χ2v) is 6.12. The Morgan fingerprint density at radius 3 is 2.55 bits per heavy atom. The third-order valence-corrected chi connectivity index (χ3v) is 3.31. The average molecular weight is 304 g/mol. The molecule has 2 rings (SSSR count). The Bertz CT molecular complexity index is 631. The number of hydrogen-bond donors (Lipinski definition) is 2. The molecule has 3 N–H and O–H groups in total. The molecule has 6 nitrogen and oxygen atoms in total. The molecular weight excluding hydrogens is 280 g/mol. The quantitative estimate of drug-likeness (QED) is 0.886. The lowest BCUT2D eigenvalue weighted by molar-refractivity contribution is 0.310. The smallest absolute Gasteiger partial charge is 0.161 e. The van der Waals surface area contributed by atoms with Gasteiger partial charge in [0.1, 0.15) is 5.82 Å². The minimum atomic E-state index is -0.395. The van der Waals surface area contributed by atoms with Gasteiger partial charge in [-0.2, -0.15) is 5.10 Å². The first kappa shape index (κ1) is 16.3. The van der Waals surface area contributed by atoms with E-state index in [1.54, 1.807) is 7.11 Å². The minimum Gasteiger partial charge on any atom is -0.493 e. The van der Waals surface area contributed by atoms with Crippen molar-refractivity contribution in [2.45, 2.75) is 39.2 Å². The van der Waals surface area contributed by atoms with Crippen molar-refractivity contribution in [3.8, 4) is 11.5 Å². The van der Waals surface area contributed by atoms with Gasteiger partial charge in [-0.1, -0.05) is 26.8 Å². The molecule has 120 valence electrons. The first-order chi connectivity index (χ1) is 10.4. The molecule has 0 aliphatic carbocycles. The molecule has 0 saturated carbocycles. The zero-order valence-corrected chi connectivity index (χ0v) is 13.8. The molecule has 0 aliphatic rings. The normalized spacial score (nSPS) is 13.0. The Labute approximate surface area is 131 Å². The Balaban J connectivity index is 2.31. The second-order valence-electron chi connectivity index (χ2n) is 6.12. The number of nitrogens with one attached hydrogen (secondary N) is 1. The number of ether oxygens (including phenoxy) is 2. The van der Waals surface area contributed by atoms with Crippen LogP contribution in [0.3, 0.4) is 0 Å². The lowest BCUT2D eigenvalue weighted by atomic mass is 9.96. The van der Waals surface area contributed by atoms with Gasteiger partial charge in [0, 0.05) is 5.41 Å². The van der Waals surface area contributed by atoms with Crippen molar-refractivity contribution in [2.24, 2.45) is 5.73 Å². The number of H-pyrrole nitrogens is 1. The molecule has 6 heteroatoms. The van der Waals surface area contributed by atoms with Crippen LogP contribution in [-0.2, 0) is 5.41 Å². The van der Waals surface area contributed by atoms with Gasteiger partial charge in [0.15, 0.2) is 17.3 Å². The molecule has 0 saturated heterocycles. The summed E-state index contributed by atoms with van der Waals surface area (Å²) in [5.41, 5.74) is 7.07. The van der Waals surface area contributed by atoms with Gasteiger partial charge < -0.3 is 15.2 Å². The van der Waals surface area contributed by atoms with Gasteiger partial charge in [-0.3, -0.25) is 5.10 Å². The van der Waals surface area contributed by atoms with E-state index in [9.17, 15) is 0 Å². The maximum Gasteiger partial charge on any atom is 0.161 e. The summed E-state index contributed by atoms with van der Waals surface area (Å²) >= 11 is 0. The molecule has 22 heavy (non-hydrogen) atoms. The molecule has 1 aromatic carbocycles. The van der Waals surface area contributed by atoms with Crippen LogP contribution in [0.1, 0.15) is 50.9 Å². The molecule has 1 heterocycles. The van der Waals surface area contributed by atoms with E-state index in [4.69, 9.17) is 15.2 Å². The van der Waals surface area contributed by atoms with Crippen molar-refractivity contribution in [3.05, 3.63) is 35.4 Å². The number of hydrogen-bond acceptors (Lipinski definition) is 5. The maximum atomic E-state index is 6.30. The van der Waals surface area contributed by atoms with Crippen LogP contribution in [0.4, 0.5) is 0 Å². The third-order valence-electron chi connectivity index (χ3n) is 3.31. The van der Waals surface area contributed by atoms with E-state index in [0.29, 0.717) is 23.9 Å². The van der Waals surface area contributed by atoms with Crippen molar-refractivity contribution in [1.29, 1.82) is 0 Å². The molecule has 0 fully saturated rings. The van der Waals surface area contributed by atoms with Crippen LogP contribution >= 0.6 is 0 Å². The highest BCUT2D eigenvalue weighted by atomic mass is 16.5. The standard InChI is InChI=1S/C16H24N4O2/c1-6-22-12-9-10(7-8-11(12)21-5)13(17)14-18-15(20-19-14)16(2,3)4/h7-9,13H,6,17H2,1-5H3,(H,18,19,20)/t13-/m1/s1. The number of rotatable bonds is 5. The molecule has 0 unspecified atom stereocenters. The van der Waals surface area contributed by atoms with Crippen LogP contribution in [0.5, 0.6) is 11.5 Å². The van der Waals surface area contributed by atoms with E-state index < -0.39 is 6.04 Å². The van der Waals surface area contributed by atoms with Gasteiger partial charge in [0.05, 0.1) is 19.8 Å². The maximum absolute atomic E-state index is 6.30. The Kier molecular flexibility index (Phi) is 4.71. The van der Waals surface area contributed by atoms with E-state index in [1.165, 1.54) is 0 Å². The number of aromatic amines is 1. The van der Waals surface area contributed by atoms with Crippen LogP contribution in [0, 0.1) is 0 Å². The Hall–Kier alpha value is -2.08. The molecule has 0 aliphatic heterocycles. The summed E-state index contributed by atoms with van der Waals surface area (Å²) in [5.74, 6) is 2.74. The summed E-state index contributed by atoms with van der Waals surface area (Å²) < 4.78 is 10.9. The van der Waals surface area contributed by atoms with Gasteiger partial charge >= 0.3 is 0 Å². The molecule has 0 amide bonds. The summed E-state index contributed by atoms with van der Waals surface area (Å²) in [7, 11) is 1.61. The summed E-state index contributed by atoms with van der Waals surface area (Å²) in [6, 6.07) is 5.24. The Morgan fingerprint density at radius 1 is 1.27 bits per heavy atom. The molecule has 1 atom stereocenters. The van der Waals surface area contributed by atoms with Crippen molar-refractivity contribution >= 4 is 0 Å². The van der Waals surface area contributed by atoms with Crippen molar-refractivity contribution in [2.75, 3.05) is 13.7 Å².